The van der Waals surface area contributed by atoms with Crippen LogP contribution in [0.5, 0.6) is 5.75 Å². The minimum absolute atomic E-state index is 0.0432. The number of carboxylic acid groups (broad SMARTS) is 1. The predicted molar refractivity (Wildman–Crippen MR) is 87.3 cm³/mol. The van der Waals surface area contributed by atoms with Crippen LogP contribution in [0, 0.1) is 5.92 Å². The highest BCUT2D eigenvalue weighted by Crippen LogP contribution is 2.31. The molecule has 1 saturated heterocycles. The summed E-state index contributed by atoms with van der Waals surface area (Å²) in [6.45, 7) is -0.996. The van der Waals surface area contributed by atoms with Crippen LogP contribution in [-0.4, -0.2) is 53.0 Å². The highest BCUT2D eigenvalue weighted by molar-refractivity contribution is 6.32. The maximum atomic E-state index is 12.5. The third kappa shape index (κ3) is 5.59. The van der Waals surface area contributed by atoms with Crippen molar-refractivity contribution >= 4 is 35.2 Å². The number of halogens is 4. The monoisotopic (exact) mass is 422 g/mol. The number of likely N-dealkylation sites (tertiary alicyclic amines) is 1. The number of carbonyl (C=O) groups is 4. The quantitative estimate of drug-likeness (QED) is 0.669. The van der Waals surface area contributed by atoms with Crippen molar-refractivity contribution in [3.63, 3.8) is 0 Å². The second-order valence-corrected chi connectivity index (χ2v) is 6.24. The highest BCUT2D eigenvalue weighted by Gasteiger charge is 2.40. The second kappa shape index (κ2) is 8.46. The van der Waals surface area contributed by atoms with Gasteiger partial charge >= 0.3 is 12.3 Å². The van der Waals surface area contributed by atoms with Crippen molar-refractivity contribution < 1.29 is 42.2 Å². The van der Waals surface area contributed by atoms with E-state index < -0.39 is 48.1 Å². The van der Waals surface area contributed by atoms with Gasteiger partial charge in [0.05, 0.1) is 5.02 Å². The second-order valence-electron chi connectivity index (χ2n) is 5.83. The first kappa shape index (κ1) is 21.5. The molecule has 0 bridgehead atoms. The van der Waals surface area contributed by atoms with Gasteiger partial charge in [-0.15, -0.1) is 13.2 Å². The van der Waals surface area contributed by atoms with Crippen LogP contribution in [0.15, 0.2) is 18.2 Å². The molecule has 1 unspecified atom stereocenters. The van der Waals surface area contributed by atoms with Gasteiger partial charge in [-0.1, -0.05) is 17.7 Å². The van der Waals surface area contributed by atoms with Crippen molar-refractivity contribution in [1.82, 2.24) is 10.2 Å². The van der Waals surface area contributed by atoms with Crippen molar-refractivity contribution in [2.24, 2.45) is 5.92 Å². The zero-order valence-electron chi connectivity index (χ0n) is 14.1. The summed E-state index contributed by atoms with van der Waals surface area (Å²) < 4.78 is 41.1. The molecule has 2 rings (SSSR count). The summed E-state index contributed by atoms with van der Waals surface area (Å²) in [4.78, 5) is 48.0. The topological polar surface area (TPSA) is 113 Å². The number of amides is 2. The smallest absolute Gasteiger partial charge is 0.480 e. The standard InChI is InChI=1S/C16H14ClF3N2O6/c17-9-2-1-8(5-11(9)28-16(18,19)20)7-22-4-3-10(23)13(15(22)27)14(26)21-6-12(24)25/h1-2,5,13H,3-4,6-7H2,(H,21,26)(H,24,25). The zero-order valence-corrected chi connectivity index (χ0v) is 14.8. The molecule has 1 heterocycles. The molecule has 28 heavy (non-hydrogen) atoms. The molecule has 1 aliphatic rings. The SMILES string of the molecule is O=C(O)CNC(=O)C1C(=O)CCN(Cc2ccc(Cl)c(OC(F)(F)F)c2)C1=O. The normalized spacial score (nSPS) is 17.4. The van der Waals surface area contributed by atoms with E-state index in [2.05, 4.69) is 4.74 Å². The van der Waals surface area contributed by atoms with E-state index in [1.165, 1.54) is 6.07 Å². The molecule has 1 fully saturated rings. The van der Waals surface area contributed by atoms with Crippen LogP contribution in [0.1, 0.15) is 12.0 Å². The van der Waals surface area contributed by atoms with Crippen molar-refractivity contribution in [3.8, 4) is 5.75 Å². The van der Waals surface area contributed by atoms with Crippen molar-refractivity contribution in [3.05, 3.63) is 28.8 Å². The molecule has 1 atom stereocenters. The minimum atomic E-state index is -4.96. The van der Waals surface area contributed by atoms with Crippen LogP contribution in [0.2, 0.25) is 5.02 Å². The molecule has 12 heteroatoms. The van der Waals surface area contributed by atoms with Gasteiger partial charge in [-0.2, -0.15) is 0 Å². The van der Waals surface area contributed by atoms with Crippen LogP contribution in [0.4, 0.5) is 13.2 Å². The van der Waals surface area contributed by atoms with Gasteiger partial charge < -0.3 is 20.1 Å². The van der Waals surface area contributed by atoms with E-state index in [9.17, 15) is 32.3 Å². The number of rotatable bonds is 6. The fourth-order valence-electron chi connectivity index (χ4n) is 2.57. The lowest BCUT2D eigenvalue weighted by Crippen LogP contribution is -2.52. The molecule has 0 radical (unpaired) electrons. The van der Waals surface area contributed by atoms with Crippen molar-refractivity contribution in [1.29, 1.82) is 0 Å². The van der Waals surface area contributed by atoms with Gasteiger partial charge in [0.25, 0.3) is 0 Å². The van der Waals surface area contributed by atoms with Gasteiger partial charge in [-0.25, -0.2) is 0 Å². The third-order valence-electron chi connectivity index (χ3n) is 3.78. The fourth-order valence-corrected chi connectivity index (χ4v) is 2.73. The zero-order chi connectivity index (χ0) is 21.1. The number of hydrogen-bond donors (Lipinski definition) is 2. The summed E-state index contributed by atoms with van der Waals surface area (Å²) in [5.41, 5.74) is 0.232. The Morgan fingerprint density at radius 2 is 2.00 bits per heavy atom. The van der Waals surface area contributed by atoms with Gasteiger partial charge in [0.15, 0.2) is 11.7 Å². The van der Waals surface area contributed by atoms with Gasteiger partial charge in [0.2, 0.25) is 11.8 Å². The third-order valence-corrected chi connectivity index (χ3v) is 4.09. The summed E-state index contributed by atoms with van der Waals surface area (Å²) in [6, 6.07) is 3.53. The summed E-state index contributed by atoms with van der Waals surface area (Å²) in [6.07, 6.45) is -5.11. The molecule has 2 N–H and O–H groups in total. The van der Waals surface area contributed by atoms with Crippen LogP contribution >= 0.6 is 11.6 Å². The molecule has 0 aromatic heterocycles. The fraction of sp³-hybridized carbons (Fsp3) is 0.375. The first-order chi connectivity index (χ1) is 13.0. The number of carboxylic acids is 1. The van der Waals surface area contributed by atoms with E-state index in [1.807, 2.05) is 5.32 Å². The van der Waals surface area contributed by atoms with Crippen molar-refractivity contribution in [2.45, 2.75) is 19.3 Å². The van der Waals surface area contributed by atoms with Crippen LogP contribution < -0.4 is 10.1 Å². The number of Topliss-reactive ketones (excluding diaryl/α,β-unsaturated/α-hetero) is 1. The molecular weight excluding hydrogens is 409 g/mol. The van der Waals surface area contributed by atoms with Gasteiger partial charge in [-0.3, -0.25) is 19.2 Å². The molecular formula is C16H14ClF3N2O6. The predicted octanol–water partition coefficient (Wildman–Crippen LogP) is 1.36. The number of nitrogens with zero attached hydrogens (tertiary/aromatic N) is 1. The van der Waals surface area contributed by atoms with E-state index in [1.54, 1.807) is 0 Å². The number of carbonyl (C=O) groups excluding carboxylic acids is 3. The Bertz CT molecular complexity index is 814. The Hall–Kier alpha value is -2.82. The summed E-state index contributed by atoms with van der Waals surface area (Å²) in [7, 11) is 0. The van der Waals surface area contributed by atoms with E-state index in [4.69, 9.17) is 16.7 Å². The molecule has 0 aliphatic carbocycles. The lowest BCUT2D eigenvalue weighted by Gasteiger charge is -2.30. The van der Waals surface area contributed by atoms with E-state index in [0.717, 1.165) is 17.0 Å². The van der Waals surface area contributed by atoms with Crippen molar-refractivity contribution in [2.75, 3.05) is 13.1 Å². The average Bonchev–Trinajstić information content (AvgIpc) is 2.57. The maximum absolute atomic E-state index is 12.5. The lowest BCUT2D eigenvalue weighted by molar-refractivity contribution is -0.274. The van der Waals surface area contributed by atoms with Gasteiger partial charge in [0.1, 0.15) is 12.3 Å². The van der Waals surface area contributed by atoms with Gasteiger partial charge in [-0.05, 0) is 17.7 Å². The number of benzene rings is 1. The molecule has 152 valence electrons. The largest absolute Gasteiger partial charge is 0.573 e. The first-order valence-corrected chi connectivity index (χ1v) is 8.21. The molecule has 1 aromatic carbocycles. The minimum Gasteiger partial charge on any atom is -0.480 e. The van der Waals surface area contributed by atoms with Crippen LogP contribution in [-0.2, 0) is 25.7 Å². The Labute approximate surface area is 161 Å². The molecule has 0 spiro atoms. The first-order valence-electron chi connectivity index (χ1n) is 7.83. The van der Waals surface area contributed by atoms with Gasteiger partial charge in [0, 0.05) is 19.5 Å². The average molecular weight is 423 g/mol. The Balaban J connectivity index is 2.14. The lowest BCUT2D eigenvalue weighted by atomic mass is 9.94. The maximum Gasteiger partial charge on any atom is 0.573 e. The van der Waals surface area contributed by atoms with Crippen LogP contribution in [0.25, 0.3) is 0 Å². The number of ether oxygens (including phenoxy) is 1. The summed E-state index contributed by atoms with van der Waals surface area (Å²) in [5.74, 6) is -6.28. The van der Waals surface area contributed by atoms with Crippen LogP contribution in [0.3, 0.4) is 0 Å². The molecule has 0 saturated carbocycles. The number of alkyl halides is 3. The van der Waals surface area contributed by atoms with E-state index >= 15 is 0 Å². The number of aliphatic carboxylic acids is 1. The Morgan fingerprint density at radius 3 is 2.61 bits per heavy atom. The number of ketones is 1. The number of nitrogens with one attached hydrogen (secondary N) is 1. The molecule has 1 aliphatic heterocycles. The molecule has 8 nitrogen and oxygen atoms in total. The van der Waals surface area contributed by atoms with E-state index in [0.29, 0.717) is 0 Å². The number of piperidine rings is 1. The molecule has 1 aromatic rings. The summed E-state index contributed by atoms with van der Waals surface area (Å²) in [5, 5.41) is 10.3. The highest BCUT2D eigenvalue weighted by atomic mass is 35.5. The Kier molecular flexibility index (Phi) is 6.49. The van der Waals surface area contributed by atoms with E-state index in [-0.39, 0.29) is 30.1 Å². The summed E-state index contributed by atoms with van der Waals surface area (Å²) >= 11 is 5.67. The molecule has 2 amide bonds. The Morgan fingerprint density at radius 1 is 1.32 bits per heavy atom. The number of hydrogen-bond acceptors (Lipinski definition) is 5.